The summed E-state index contributed by atoms with van der Waals surface area (Å²) in [6.07, 6.45) is 3.74. The molecule has 2 aromatic rings. The fraction of sp³-hybridized carbons (Fsp3) is 0.273. The minimum absolute atomic E-state index is 0.0140. The number of hydrogen-bond donors (Lipinski definition) is 1. The van der Waals surface area contributed by atoms with Crippen molar-refractivity contribution in [2.75, 3.05) is 17.7 Å². The van der Waals surface area contributed by atoms with Gasteiger partial charge in [-0.3, -0.25) is 14.9 Å². The first-order valence-electron chi connectivity index (χ1n) is 9.55. The summed E-state index contributed by atoms with van der Waals surface area (Å²) in [4.78, 5) is 25.2. The van der Waals surface area contributed by atoms with Crippen molar-refractivity contribution < 1.29 is 9.72 Å². The predicted molar refractivity (Wildman–Crippen MR) is 127 cm³/mol. The molecule has 1 N–H and O–H groups in total. The van der Waals surface area contributed by atoms with Crippen LogP contribution in [0.5, 0.6) is 0 Å². The number of rotatable bonds is 6. The first-order chi connectivity index (χ1) is 14.6. The minimum Gasteiger partial charge on any atom is -0.365 e. The maximum Gasteiger partial charge on any atom is 0.269 e. The van der Waals surface area contributed by atoms with Gasteiger partial charge < -0.3 is 4.90 Å². The van der Waals surface area contributed by atoms with Crippen molar-refractivity contribution in [2.24, 2.45) is 5.10 Å². The van der Waals surface area contributed by atoms with Gasteiger partial charge in [0.05, 0.1) is 27.5 Å². The molecule has 0 spiro atoms. The Labute approximate surface area is 190 Å². The van der Waals surface area contributed by atoms with Crippen LogP contribution in [0.1, 0.15) is 31.9 Å². The Kier molecular flexibility index (Phi) is 6.71. The van der Waals surface area contributed by atoms with E-state index in [1.807, 2.05) is 19.2 Å². The quantitative estimate of drug-likeness (QED) is 0.281. The molecule has 3 rings (SSSR count). The highest BCUT2D eigenvalue weighted by Gasteiger charge is 2.29. The number of halogens is 1. The van der Waals surface area contributed by atoms with Crippen molar-refractivity contribution in [3.05, 3.63) is 68.7 Å². The van der Waals surface area contributed by atoms with E-state index in [0.29, 0.717) is 10.6 Å². The number of nitrogens with one attached hydrogen (secondary N) is 1. The lowest BCUT2D eigenvalue weighted by atomic mass is 9.88. The maximum atomic E-state index is 12.1. The Bertz CT molecular complexity index is 1080. The summed E-state index contributed by atoms with van der Waals surface area (Å²) >= 11 is 7.73. The van der Waals surface area contributed by atoms with Crippen molar-refractivity contribution in [3.8, 4) is 0 Å². The molecule has 7 nitrogen and oxygen atoms in total. The first kappa shape index (κ1) is 22.8. The molecule has 1 aliphatic heterocycles. The lowest BCUT2D eigenvalue weighted by Gasteiger charge is -2.40. The number of carbonyl (C=O) groups excluding carboxylic acids is 1. The molecule has 0 unspecified atom stereocenters. The SMILES string of the molecule is CC1=CC(C)(C)N(C)c2cc(Cl)c(/C=N\NC(=O)CSc3ccc([N+](=O)[O-])cc3)cc21. The second kappa shape index (κ2) is 9.11. The van der Waals surface area contributed by atoms with Crippen LogP contribution >= 0.6 is 23.4 Å². The standard InChI is InChI=1S/C22H23ClN4O3S/c1-14-11-22(2,3)26(4)20-10-19(23)15(9-18(14)20)12-24-25-21(28)13-31-17-7-5-16(6-8-17)27(29)30/h5-12H,13H2,1-4H3,(H,25,28)/b24-12-. The number of thioether (sulfide) groups is 1. The topological polar surface area (TPSA) is 87.8 Å². The number of carbonyl (C=O) groups is 1. The van der Waals surface area contributed by atoms with Crippen LogP contribution in [0, 0.1) is 10.1 Å². The van der Waals surface area contributed by atoms with Crippen molar-refractivity contribution in [1.29, 1.82) is 0 Å². The second-order valence-electron chi connectivity index (χ2n) is 7.76. The summed E-state index contributed by atoms with van der Waals surface area (Å²) in [5.74, 6) is -0.152. The van der Waals surface area contributed by atoms with Gasteiger partial charge in [0, 0.05) is 40.9 Å². The second-order valence-corrected chi connectivity index (χ2v) is 9.22. The maximum absolute atomic E-state index is 12.1. The number of nitro groups is 1. The molecule has 0 aromatic heterocycles. The van der Waals surface area contributed by atoms with Gasteiger partial charge in [-0.05, 0) is 50.6 Å². The van der Waals surface area contributed by atoms with Crippen LogP contribution in [-0.2, 0) is 4.79 Å². The Morgan fingerprint density at radius 3 is 2.65 bits per heavy atom. The number of non-ortho nitro benzene ring substituents is 1. The lowest BCUT2D eigenvalue weighted by Crippen LogP contribution is -2.42. The fourth-order valence-corrected chi connectivity index (χ4v) is 4.20. The number of fused-ring (bicyclic) bond motifs is 1. The van der Waals surface area contributed by atoms with Crippen LogP contribution < -0.4 is 10.3 Å². The van der Waals surface area contributed by atoms with Gasteiger partial charge in [0.15, 0.2) is 0 Å². The Hall–Kier alpha value is -2.84. The van der Waals surface area contributed by atoms with Gasteiger partial charge in [-0.1, -0.05) is 17.7 Å². The third-order valence-corrected chi connectivity index (χ3v) is 6.49. The molecule has 2 aromatic carbocycles. The highest BCUT2D eigenvalue weighted by atomic mass is 35.5. The molecule has 31 heavy (non-hydrogen) atoms. The summed E-state index contributed by atoms with van der Waals surface area (Å²) in [6.45, 7) is 6.36. The molecule has 0 aliphatic carbocycles. The molecule has 1 aliphatic rings. The van der Waals surface area contributed by atoms with E-state index in [1.54, 1.807) is 12.1 Å². The van der Waals surface area contributed by atoms with Crippen molar-refractivity contribution >= 4 is 52.4 Å². The zero-order chi connectivity index (χ0) is 22.8. The molecular formula is C22H23ClN4O3S. The number of anilines is 1. The van der Waals surface area contributed by atoms with Gasteiger partial charge in [0.2, 0.25) is 5.91 Å². The molecule has 0 fully saturated rings. The molecule has 162 valence electrons. The number of likely N-dealkylation sites (N-methyl/N-ethyl adjacent to an activating group) is 1. The third kappa shape index (κ3) is 5.26. The largest absolute Gasteiger partial charge is 0.365 e. The average Bonchev–Trinajstić information content (AvgIpc) is 2.71. The monoisotopic (exact) mass is 458 g/mol. The number of hydrazone groups is 1. The van der Waals surface area contributed by atoms with Crippen LogP contribution in [0.3, 0.4) is 0 Å². The first-order valence-corrected chi connectivity index (χ1v) is 10.9. The molecule has 0 saturated carbocycles. The number of nitrogens with zero attached hydrogens (tertiary/aromatic N) is 3. The van der Waals surface area contributed by atoms with Gasteiger partial charge in [-0.25, -0.2) is 5.43 Å². The van der Waals surface area contributed by atoms with Crippen LogP contribution in [0.4, 0.5) is 11.4 Å². The van der Waals surface area contributed by atoms with Crippen molar-refractivity contribution in [3.63, 3.8) is 0 Å². The van der Waals surface area contributed by atoms with Gasteiger partial charge in [0.1, 0.15) is 0 Å². The van der Waals surface area contributed by atoms with E-state index in [-0.39, 0.29) is 22.9 Å². The normalized spacial score (nSPS) is 14.9. The molecule has 0 atom stereocenters. The highest BCUT2D eigenvalue weighted by Crippen LogP contribution is 2.40. The van der Waals surface area contributed by atoms with Crippen LogP contribution in [0.2, 0.25) is 5.02 Å². The van der Waals surface area contributed by atoms with Crippen molar-refractivity contribution in [2.45, 2.75) is 31.2 Å². The van der Waals surface area contributed by atoms with E-state index in [4.69, 9.17) is 11.6 Å². The summed E-state index contributed by atoms with van der Waals surface area (Å²) in [5, 5.41) is 15.3. The zero-order valence-electron chi connectivity index (χ0n) is 17.7. The number of hydrogen-bond acceptors (Lipinski definition) is 6. The van der Waals surface area contributed by atoms with Gasteiger partial charge in [-0.2, -0.15) is 5.10 Å². The van der Waals surface area contributed by atoms with E-state index >= 15 is 0 Å². The zero-order valence-corrected chi connectivity index (χ0v) is 19.3. The molecule has 0 radical (unpaired) electrons. The fourth-order valence-electron chi connectivity index (χ4n) is 3.31. The molecule has 0 saturated heterocycles. The summed E-state index contributed by atoms with van der Waals surface area (Å²) in [5.41, 5.74) is 6.40. The van der Waals surface area contributed by atoms with Crippen molar-refractivity contribution in [1.82, 2.24) is 5.43 Å². The van der Waals surface area contributed by atoms with Gasteiger partial charge >= 0.3 is 0 Å². The summed E-state index contributed by atoms with van der Waals surface area (Å²) in [6, 6.07) is 9.93. The molecular weight excluding hydrogens is 436 g/mol. The molecule has 0 bridgehead atoms. The van der Waals surface area contributed by atoms with E-state index in [0.717, 1.165) is 21.7 Å². The van der Waals surface area contributed by atoms with E-state index < -0.39 is 4.92 Å². The number of benzene rings is 2. The van der Waals surface area contributed by atoms with Gasteiger partial charge in [0.25, 0.3) is 5.69 Å². The van der Waals surface area contributed by atoms with Crippen LogP contribution in [0.15, 0.2) is 52.5 Å². The summed E-state index contributed by atoms with van der Waals surface area (Å²) < 4.78 is 0. The smallest absolute Gasteiger partial charge is 0.269 e. The van der Waals surface area contributed by atoms with Crippen LogP contribution in [0.25, 0.3) is 5.57 Å². The average molecular weight is 459 g/mol. The number of nitro benzene ring substituents is 1. The highest BCUT2D eigenvalue weighted by molar-refractivity contribution is 8.00. The van der Waals surface area contributed by atoms with Crippen LogP contribution in [-0.4, -0.2) is 35.4 Å². The summed E-state index contributed by atoms with van der Waals surface area (Å²) in [7, 11) is 2.04. The third-order valence-electron chi connectivity index (χ3n) is 5.15. The van der Waals surface area contributed by atoms with E-state index in [1.165, 1.54) is 30.1 Å². The number of allylic oxidation sites excluding steroid dienone is 1. The minimum atomic E-state index is -0.460. The lowest BCUT2D eigenvalue weighted by molar-refractivity contribution is -0.384. The Morgan fingerprint density at radius 1 is 1.32 bits per heavy atom. The molecule has 1 amide bonds. The number of amides is 1. The molecule has 1 heterocycles. The van der Waals surface area contributed by atoms with E-state index in [2.05, 4.69) is 42.3 Å². The van der Waals surface area contributed by atoms with E-state index in [9.17, 15) is 14.9 Å². The van der Waals surface area contributed by atoms with Gasteiger partial charge in [-0.15, -0.1) is 11.8 Å². The predicted octanol–water partition coefficient (Wildman–Crippen LogP) is 5.12. The Balaban J connectivity index is 1.63. The molecule has 9 heteroatoms. The Morgan fingerprint density at radius 2 is 2.00 bits per heavy atom.